The number of halogens is 2. The van der Waals surface area contributed by atoms with E-state index in [1.807, 2.05) is 67.6 Å². The van der Waals surface area contributed by atoms with Crippen molar-refractivity contribution in [3.05, 3.63) is 81.3 Å². The van der Waals surface area contributed by atoms with Crippen LogP contribution in [0.3, 0.4) is 0 Å². The molecule has 0 atom stereocenters. The molecule has 1 fully saturated rings. The van der Waals surface area contributed by atoms with Gasteiger partial charge in [0.2, 0.25) is 0 Å². The zero-order chi connectivity index (χ0) is 23.9. The number of ether oxygens (including phenoxy) is 2. The van der Waals surface area contributed by atoms with Gasteiger partial charge in [-0.2, -0.15) is 0 Å². The Labute approximate surface area is 213 Å². The molecule has 0 aliphatic carbocycles. The molecule has 1 aliphatic heterocycles. The van der Waals surface area contributed by atoms with E-state index in [0.717, 1.165) is 45.8 Å². The fourth-order valence-corrected chi connectivity index (χ4v) is 4.39. The van der Waals surface area contributed by atoms with Crippen molar-refractivity contribution in [2.24, 2.45) is 0 Å². The third kappa shape index (κ3) is 6.65. The number of hydrogen-bond donors (Lipinski definition) is 2. The summed E-state index contributed by atoms with van der Waals surface area (Å²) in [4.78, 5) is 14.6. The van der Waals surface area contributed by atoms with Gasteiger partial charge in [0, 0.05) is 41.0 Å². The normalized spacial score (nSPS) is 13.4. The summed E-state index contributed by atoms with van der Waals surface area (Å²) < 4.78 is 12.2. The first kappa shape index (κ1) is 24.4. The molecule has 6 nitrogen and oxygen atoms in total. The largest absolute Gasteiger partial charge is 0.483 e. The van der Waals surface area contributed by atoms with E-state index >= 15 is 0 Å². The number of anilines is 3. The smallest absolute Gasteiger partial charge is 0.262 e. The Morgan fingerprint density at radius 3 is 2.53 bits per heavy atom. The molecule has 1 saturated heterocycles. The van der Waals surface area contributed by atoms with Crippen molar-refractivity contribution in [2.75, 3.05) is 48.4 Å². The van der Waals surface area contributed by atoms with E-state index in [-0.39, 0.29) is 12.5 Å². The number of nitrogens with one attached hydrogen (secondary N) is 2. The molecule has 0 aromatic heterocycles. The molecule has 0 unspecified atom stereocenters. The predicted molar refractivity (Wildman–Crippen MR) is 141 cm³/mol. The number of aryl methyl sites for hydroxylation is 1. The van der Waals surface area contributed by atoms with Crippen LogP contribution in [0.25, 0.3) is 0 Å². The minimum Gasteiger partial charge on any atom is -0.483 e. The van der Waals surface area contributed by atoms with Gasteiger partial charge in [-0.3, -0.25) is 4.79 Å². The molecule has 1 amide bonds. The van der Waals surface area contributed by atoms with E-state index in [2.05, 4.69) is 31.5 Å². The van der Waals surface area contributed by atoms with Crippen LogP contribution in [0.4, 0.5) is 17.1 Å². The molecule has 34 heavy (non-hydrogen) atoms. The predicted octanol–water partition coefficient (Wildman–Crippen LogP) is 5.88. The summed E-state index contributed by atoms with van der Waals surface area (Å²) in [5.74, 6) is 0.432. The van der Waals surface area contributed by atoms with Crippen LogP contribution >= 0.6 is 27.5 Å². The van der Waals surface area contributed by atoms with Crippen LogP contribution < -0.4 is 20.3 Å². The lowest BCUT2D eigenvalue weighted by atomic mass is 10.2. The van der Waals surface area contributed by atoms with Crippen LogP contribution in [-0.4, -0.2) is 38.8 Å². The van der Waals surface area contributed by atoms with E-state index in [9.17, 15) is 4.79 Å². The van der Waals surface area contributed by atoms with Crippen molar-refractivity contribution < 1.29 is 14.3 Å². The molecule has 1 aliphatic rings. The summed E-state index contributed by atoms with van der Waals surface area (Å²) in [5, 5.41) is 6.95. The maximum absolute atomic E-state index is 12.3. The number of rotatable bonds is 8. The molecule has 0 spiro atoms. The lowest BCUT2D eigenvalue weighted by molar-refractivity contribution is -0.118. The summed E-state index contributed by atoms with van der Waals surface area (Å²) in [6.45, 7) is 5.54. The first-order valence-electron chi connectivity index (χ1n) is 11.1. The zero-order valence-corrected chi connectivity index (χ0v) is 21.3. The SMILES string of the molecule is Cc1ccc(NC(=O)COc2ccc(Br)cc2CNc2ccc(N3CCOCC3)c(Cl)c2)cc1. The number of hydrogen-bond acceptors (Lipinski definition) is 5. The molecule has 4 rings (SSSR count). The summed E-state index contributed by atoms with van der Waals surface area (Å²) in [6, 6.07) is 19.4. The summed E-state index contributed by atoms with van der Waals surface area (Å²) in [6.07, 6.45) is 0. The standard InChI is InChI=1S/C26H27BrClN3O3/c1-18-2-5-21(6-3-18)30-26(32)17-34-25-9-4-20(27)14-19(25)16-29-22-7-8-24(23(28)15-22)31-10-12-33-13-11-31/h2-9,14-15,29H,10-13,16-17H2,1H3,(H,30,32). The molecule has 0 radical (unpaired) electrons. The quantitative estimate of drug-likeness (QED) is 0.371. The van der Waals surface area contributed by atoms with Crippen LogP contribution in [-0.2, 0) is 16.1 Å². The number of carbonyl (C=O) groups excluding carboxylic acids is 1. The number of morpholine rings is 1. The second-order valence-corrected chi connectivity index (χ2v) is 9.40. The Morgan fingerprint density at radius 2 is 1.79 bits per heavy atom. The van der Waals surface area contributed by atoms with Crippen molar-refractivity contribution in [3.8, 4) is 5.75 Å². The van der Waals surface area contributed by atoms with Gasteiger partial charge in [0.15, 0.2) is 6.61 Å². The number of amides is 1. The summed E-state index contributed by atoms with van der Waals surface area (Å²) >= 11 is 10.1. The van der Waals surface area contributed by atoms with Crippen molar-refractivity contribution in [2.45, 2.75) is 13.5 Å². The van der Waals surface area contributed by atoms with Gasteiger partial charge < -0.3 is 25.0 Å². The molecule has 1 heterocycles. The lowest BCUT2D eigenvalue weighted by Gasteiger charge is -2.29. The first-order valence-corrected chi connectivity index (χ1v) is 12.3. The fourth-order valence-electron chi connectivity index (χ4n) is 3.68. The number of carbonyl (C=O) groups is 1. The number of benzene rings is 3. The molecule has 0 bridgehead atoms. The highest BCUT2D eigenvalue weighted by molar-refractivity contribution is 9.10. The highest BCUT2D eigenvalue weighted by atomic mass is 79.9. The number of nitrogens with zero attached hydrogens (tertiary/aromatic N) is 1. The van der Waals surface area contributed by atoms with E-state index in [1.165, 1.54) is 0 Å². The minimum atomic E-state index is -0.212. The van der Waals surface area contributed by atoms with Crippen LogP contribution in [0.5, 0.6) is 5.75 Å². The molecule has 3 aromatic carbocycles. The van der Waals surface area contributed by atoms with Crippen LogP contribution in [0.2, 0.25) is 5.02 Å². The third-order valence-corrected chi connectivity index (χ3v) is 6.30. The molecule has 3 aromatic rings. The first-order chi connectivity index (χ1) is 16.5. The monoisotopic (exact) mass is 543 g/mol. The Balaban J connectivity index is 1.36. The molecule has 2 N–H and O–H groups in total. The van der Waals surface area contributed by atoms with Crippen LogP contribution in [0.1, 0.15) is 11.1 Å². The molecule has 0 saturated carbocycles. The van der Waals surface area contributed by atoms with Crippen molar-refractivity contribution in [1.82, 2.24) is 0 Å². The van der Waals surface area contributed by atoms with E-state index < -0.39 is 0 Å². The highest BCUT2D eigenvalue weighted by Gasteiger charge is 2.15. The van der Waals surface area contributed by atoms with E-state index in [1.54, 1.807) is 0 Å². The lowest BCUT2D eigenvalue weighted by Crippen LogP contribution is -2.36. The van der Waals surface area contributed by atoms with Crippen LogP contribution in [0, 0.1) is 6.92 Å². The molecule has 178 valence electrons. The van der Waals surface area contributed by atoms with Crippen molar-refractivity contribution >= 4 is 50.5 Å². The van der Waals surface area contributed by atoms with Gasteiger partial charge in [-0.1, -0.05) is 45.2 Å². The summed E-state index contributed by atoms with van der Waals surface area (Å²) in [5.41, 5.74) is 4.73. The van der Waals surface area contributed by atoms with Gasteiger partial charge in [0.1, 0.15) is 5.75 Å². The zero-order valence-electron chi connectivity index (χ0n) is 18.9. The minimum absolute atomic E-state index is 0.0808. The van der Waals surface area contributed by atoms with E-state index in [0.29, 0.717) is 30.5 Å². The molecular weight excluding hydrogens is 518 g/mol. The van der Waals surface area contributed by atoms with E-state index in [4.69, 9.17) is 21.1 Å². The Hall–Kier alpha value is -2.74. The Morgan fingerprint density at radius 1 is 1.06 bits per heavy atom. The van der Waals surface area contributed by atoms with Gasteiger partial charge in [0.25, 0.3) is 5.91 Å². The fraction of sp³-hybridized carbons (Fsp3) is 0.269. The Kier molecular flexibility index (Phi) is 8.32. The average Bonchev–Trinajstić information content (AvgIpc) is 2.84. The maximum Gasteiger partial charge on any atom is 0.262 e. The topological polar surface area (TPSA) is 62.8 Å². The van der Waals surface area contributed by atoms with Gasteiger partial charge in [-0.25, -0.2) is 0 Å². The maximum atomic E-state index is 12.3. The van der Waals surface area contributed by atoms with Crippen LogP contribution in [0.15, 0.2) is 65.1 Å². The van der Waals surface area contributed by atoms with Gasteiger partial charge >= 0.3 is 0 Å². The average molecular weight is 545 g/mol. The van der Waals surface area contributed by atoms with Gasteiger partial charge in [-0.05, 0) is 55.5 Å². The molecule has 8 heteroatoms. The third-order valence-electron chi connectivity index (χ3n) is 5.50. The highest BCUT2D eigenvalue weighted by Crippen LogP contribution is 2.30. The second kappa shape index (κ2) is 11.6. The second-order valence-electron chi connectivity index (χ2n) is 8.07. The van der Waals surface area contributed by atoms with Gasteiger partial charge in [0.05, 0.1) is 23.9 Å². The molecular formula is C26H27BrClN3O3. The van der Waals surface area contributed by atoms with Gasteiger partial charge in [-0.15, -0.1) is 0 Å². The van der Waals surface area contributed by atoms with Crippen molar-refractivity contribution in [1.29, 1.82) is 0 Å². The summed E-state index contributed by atoms with van der Waals surface area (Å²) in [7, 11) is 0. The Bertz CT molecular complexity index is 1130. The van der Waals surface area contributed by atoms with Crippen molar-refractivity contribution in [3.63, 3.8) is 0 Å².